The fourth-order valence-corrected chi connectivity index (χ4v) is 4.21. The number of carbonyl (C=O) groups is 2. The first-order chi connectivity index (χ1) is 15.5. The highest BCUT2D eigenvalue weighted by Crippen LogP contribution is 2.21. The third kappa shape index (κ3) is 4.92. The summed E-state index contributed by atoms with van der Waals surface area (Å²) in [5.74, 6) is 0.111. The van der Waals surface area contributed by atoms with Crippen LogP contribution in [0.4, 0.5) is 4.79 Å². The van der Waals surface area contributed by atoms with Crippen LogP contribution in [0.1, 0.15) is 27.3 Å². The van der Waals surface area contributed by atoms with Gasteiger partial charge in [0, 0.05) is 48.8 Å². The average Bonchev–Trinajstić information content (AvgIpc) is 3.13. The van der Waals surface area contributed by atoms with Gasteiger partial charge in [-0.1, -0.05) is 48.5 Å². The van der Waals surface area contributed by atoms with Crippen molar-refractivity contribution in [2.45, 2.75) is 20.5 Å². The number of nitrogens with zero attached hydrogens (tertiary/aromatic N) is 3. The van der Waals surface area contributed by atoms with Gasteiger partial charge in [-0.2, -0.15) is 0 Å². The molecule has 0 bridgehead atoms. The Labute approximate surface area is 189 Å². The Balaban J connectivity index is 1.31. The third-order valence-electron chi connectivity index (χ3n) is 5.95. The number of amides is 1. The largest absolute Gasteiger partial charge is 0.445 e. The van der Waals surface area contributed by atoms with Crippen molar-refractivity contribution in [3.8, 4) is 5.69 Å². The number of carbonyl (C=O) groups excluding carboxylic acids is 2. The molecule has 0 unspecified atom stereocenters. The van der Waals surface area contributed by atoms with Crippen LogP contribution in [0, 0.1) is 13.8 Å². The molecule has 6 heteroatoms. The lowest BCUT2D eigenvalue weighted by Crippen LogP contribution is -2.50. The van der Waals surface area contributed by atoms with E-state index in [0.717, 1.165) is 28.2 Å². The normalized spacial score (nSPS) is 14.4. The Morgan fingerprint density at radius 2 is 1.50 bits per heavy atom. The highest BCUT2D eigenvalue weighted by atomic mass is 16.6. The minimum Gasteiger partial charge on any atom is -0.445 e. The fraction of sp³-hybridized carbons (Fsp3) is 0.308. The van der Waals surface area contributed by atoms with Gasteiger partial charge in [-0.25, -0.2) is 4.79 Å². The Kier molecular flexibility index (Phi) is 6.71. The molecule has 1 amide bonds. The summed E-state index contributed by atoms with van der Waals surface area (Å²) in [6, 6.07) is 21.7. The van der Waals surface area contributed by atoms with E-state index in [1.165, 1.54) is 0 Å². The van der Waals surface area contributed by atoms with Crippen molar-refractivity contribution in [2.24, 2.45) is 0 Å². The number of aromatic nitrogens is 1. The molecular formula is C26H29N3O3. The van der Waals surface area contributed by atoms with Crippen LogP contribution < -0.4 is 0 Å². The molecule has 32 heavy (non-hydrogen) atoms. The quantitative estimate of drug-likeness (QED) is 0.548. The first kappa shape index (κ1) is 21.8. The molecule has 2 heterocycles. The number of Topliss-reactive ketones (excluding diaryl/α,β-unsaturated/α-hetero) is 1. The van der Waals surface area contributed by atoms with Crippen molar-refractivity contribution < 1.29 is 14.3 Å². The lowest BCUT2D eigenvalue weighted by molar-refractivity contribution is 0.0678. The third-order valence-corrected chi connectivity index (χ3v) is 5.95. The summed E-state index contributed by atoms with van der Waals surface area (Å²) in [5.41, 5.74) is 4.79. The topological polar surface area (TPSA) is 54.8 Å². The van der Waals surface area contributed by atoms with Gasteiger partial charge in [-0.15, -0.1) is 0 Å². The van der Waals surface area contributed by atoms with E-state index < -0.39 is 0 Å². The number of benzene rings is 2. The van der Waals surface area contributed by atoms with E-state index in [4.69, 9.17) is 4.74 Å². The Bertz CT molecular complexity index is 1070. The van der Waals surface area contributed by atoms with E-state index in [-0.39, 0.29) is 18.5 Å². The molecule has 166 valence electrons. The maximum absolute atomic E-state index is 13.0. The van der Waals surface area contributed by atoms with Gasteiger partial charge in [0.2, 0.25) is 0 Å². The minimum absolute atomic E-state index is 0.111. The van der Waals surface area contributed by atoms with Gasteiger partial charge in [0.15, 0.2) is 5.78 Å². The number of para-hydroxylation sites is 1. The number of ether oxygens (including phenoxy) is 1. The van der Waals surface area contributed by atoms with Crippen LogP contribution >= 0.6 is 0 Å². The lowest BCUT2D eigenvalue weighted by Gasteiger charge is -2.33. The molecule has 0 spiro atoms. The summed E-state index contributed by atoms with van der Waals surface area (Å²) < 4.78 is 7.54. The van der Waals surface area contributed by atoms with E-state index in [1.807, 2.05) is 80.6 Å². The molecule has 1 saturated heterocycles. The van der Waals surface area contributed by atoms with Crippen LogP contribution in [0.25, 0.3) is 5.69 Å². The van der Waals surface area contributed by atoms with Gasteiger partial charge < -0.3 is 14.2 Å². The van der Waals surface area contributed by atoms with E-state index in [1.54, 1.807) is 4.90 Å². The summed E-state index contributed by atoms with van der Waals surface area (Å²) in [5, 5.41) is 0. The summed E-state index contributed by atoms with van der Waals surface area (Å²) >= 11 is 0. The number of hydrogen-bond acceptors (Lipinski definition) is 4. The van der Waals surface area contributed by atoms with E-state index in [9.17, 15) is 9.59 Å². The molecule has 6 nitrogen and oxygen atoms in total. The molecular weight excluding hydrogens is 402 g/mol. The van der Waals surface area contributed by atoms with E-state index >= 15 is 0 Å². The zero-order valence-electron chi connectivity index (χ0n) is 18.7. The first-order valence-electron chi connectivity index (χ1n) is 11.0. The molecule has 1 aliphatic heterocycles. The van der Waals surface area contributed by atoms with Crippen LogP contribution in [0.5, 0.6) is 0 Å². The van der Waals surface area contributed by atoms with Crippen molar-refractivity contribution in [1.29, 1.82) is 0 Å². The van der Waals surface area contributed by atoms with Gasteiger partial charge in [-0.3, -0.25) is 9.69 Å². The smallest absolute Gasteiger partial charge is 0.410 e. The van der Waals surface area contributed by atoms with Crippen molar-refractivity contribution in [1.82, 2.24) is 14.4 Å². The zero-order valence-corrected chi connectivity index (χ0v) is 18.7. The summed E-state index contributed by atoms with van der Waals surface area (Å²) in [6.45, 7) is 7.08. The molecule has 1 fully saturated rings. The minimum atomic E-state index is -0.300. The van der Waals surface area contributed by atoms with Gasteiger partial charge in [-0.05, 0) is 37.6 Å². The summed E-state index contributed by atoms with van der Waals surface area (Å²) in [7, 11) is 0. The highest BCUT2D eigenvalue weighted by molar-refractivity contribution is 5.99. The van der Waals surface area contributed by atoms with E-state index in [0.29, 0.717) is 32.7 Å². The number of ketones is 1. The summed E-state index contributed by atoms with van der Waals surface area (Å²) in [4.78, 5) is 29.2. The SMILES string of the molecule is Cc1cc(C(=O)CN2CCN(C(=O)OCc3ccccc3)CC2)c(C)n1-c1ccccc1. The van der Waals surface area contributed by atoms with Crippen LogP contribution in [-0.4, -0.2) is 59.0 Å². The number of hydrogen-bond donors (Lipinski definition) is 0. The molecule has 0 N–H and O–H groups in total. The van der Waals surface area contributed by atoms with Crippen LogP contribution in [-0.2, 0) is 11.3 Å². The predicted octanol–water partition coefficient (Wildman–Crippen LogP) is 4.23. The van der Waals surface area contributed by atoms with Gasteiger partial charge in [0.05, 0.1) is 6.54 Å². The predicted molar refractivity (Wildman–Crippen MR) is 124 cm³/mol. The number of aryl methyl sites for hydroxylation is 1. The monoisotopic (exact) mass is 431 g/mol. The van der Waals surface area contributed by atoms with Crippen LogP contribution in [0.2, 0.25) is 0 Å². The highest BCUT2D eigenvalue weighted by Gasteiger charge is 2.25. The Morgan fingerprint density at radius 1 is 0.875 bits per heavy atom. The summed E-state index contributed by atoms with van der Waals surface area (Å²) in [6.07, 6.45) is -0.300. The number of piperazine rings is 1. The second-order valence-electron chi connectivity index (χ2n) is 8.18. The zero-order chi connectivity index (χ0) is 22.5. The maximum Gasteiger partial charge on any atom is 0.410 e. The maximum atomic E-state index is 13.0. The molecule has 0 atom stereocenters. The Morgan fingerprint density at radius 3 is 2.16 bits per heavy atom. The molecule has 3 aromatic rings. The van der Waals surface area contributed by atoms with Gasteiger partial charge in [0.1, 0.15) is 6.61 Å². The second-order valence-corrected chi connectivity index (χ2v) is 8.18. The van der Waals surface area contributed by atoms with Crippen molar-refractivity contribution in [3.05, 3.63) is 89.2 Å². The number of rotatable bonds is 6. The fourth-order valence-electron chi connectivity index (χ4n) is 4.21. The van der Waals surface area contributed by atoms with E-state index in [2.05, 4.69) is 9.47 Å². The van der Waals surface area contributed by atoms with Crippen molar-refractivity contribution in [2.75, 3.05) is 32.7 Å². The van der Waals surface area contributed by atoms with Crippen molar-refractivity contribution in [3.63, 3.8) is 0 Å². The first-order valence-corrected chi connectivity index (χ1v) is 11.0. The van der Waals surface area contributed by atoms with Crippen LogP contribution in [0.3, 0.4) is 0 Å². The van der Waals surface area contributed by atoms with Crippen LogP contribution in [0.15, 0.2) is 66.7 Å². The molecule has 2 aromatic carbocycles. The molecule has 0 aliphatic carbocycles. The molecule has 0 saturated carbocycles. The standard InChI is InChI=1S/C26H29N3O3/c1-20-17-24(21(2)29(20)23-11-7-4-8-12-23)25(30)18-27-13-15-28(16-14-27)26(31)32-19-22-9-5-3-6-10-22/h3-12,17H,13-16,18-19H2,1-2H3. The molecule has 1 aliphatic rings. The molecule has 1 aromatic heterocycles. The average molecular weight is 432 g/mol. The molecule has 4 rings (SSSR count). The van der Waals surface area contributed by atoms with Crippen molar-refractivity contribution >= 4 is 11.9 Å². The molecule has 0 radical (unpaired) electrons. The lowest BCUT2D eigenvalue weighted by atomic mass is 10.1. The second kappa shape index (κ2) is 9.83. The van der Waals surface area contributed by atoms with Gasteiger partial charge in [0.25, 0.3) is 0 Å². The Hall–Kier alpha value is -3.38. The van der Waals surface area contributed by atoms with Gasteiger partial charge >= 0.3 is 6.09 Å².